The van der Waals surface area contributed by atoms with Crippen molar-refractivity contribution in [1.29, 1.82) is 5.26 Å². The van der Waals surface area contributed by atoms with Crippen LogP contribution in [0.2, 0.25) is 0 Å². The van der Waals surface area contributed by atoms with Gasteiger partial charge in [0.1, 0.15) is 18.9 Å². The van der Waals surface area contributed by atoms with Crippen LogP contribution in [0, 0.1) is 18.3 Å². The number of benzene rings is 1. The zero-order valence-corrected chi connectivity index (χ0v) is 11.7. The van der Waals surface area contributed by atoms with Gasteiger partial charge in [-0.2, -0.15) is 5.26 Å². The van der Waals surface area contributed by atoms with Gasteiger partial charge in [0.2, 0.25) is 11.7 Å². The van der Waals surface area contributed by atoms with E-state index in [0.29, 0.717) is 5.69 Å². The van der Waals surface area contributed by atoms with Crippen molar-refractivity contribution < 1.29 is 4.79 Å². The molecule has 2 aromatic rings. The molecule has 0 spiro atoms. The van der Waals surface area contributed by atoms with Crippen LogP contribution in [-0.2, 0) is 11.3 Å². The third kappa shape index (κ3) is 3.17. The maximum Gasteiger partial charge on any atom is 0.244 e. The van der Waals surface area contributed by atoms with Crippen molar-refractivity contribution in [3.05, 3.63) is 40.4 Å². The number of rotatable bonds is 3. The van der Waals surface area contributed by atoms with Crippen LogP contribution in [0.4, 0.5) is 5.69 Å². The molecule has 0 aliphatic heterocycles. The molecule has 0 aliphatic rings. The predicted molar refractivity (Wildman–Crippen MR) is 72.2 cm³/mol. The molecule has 6 nitrogen and oxygen atoms in total. The summed E-state index contributed by atoms with van der Waals surface area (Å²) >= 11 is 3.39. The van der Waals surface area contributed by atoms with Gasteiger partial charge in [-0.3, -0.25) is 9.36 Å². The first-order valence-corrected chi connectivity index (χ1v) is 6.23. The number of amides is 1. The minimum absolute atomic E-state index is 0.00497. The fourth-order valence-corrected chi connectivity index (χ4v) is 1.78. The van der Waals surface area contributed by atoms with Crippen molar-refractivity contribution in [2.24, 2.45) is 0 Å². The molecular formula is C12H10BrN5O. The lowest BCUT2D eigenvalue weighted by molar-refractivity contribution is -0.116. The van der Waals surface area contributed by atoms with Crippen molar-refractivity contribution in [1.82, 2.24) is 14.8 Å². The predicted octanol–water partition coefficient (Wildman–Crippen LogP) is 1.86. The highest BCUT2D eigenvalue weighted by Crippen LogP contribution is 2.19. The molecule has 1 heterocycles. The van der Waals surface area contributed by atoms with Crippen LogP contribution >= 0.6 is 15.9 Å². The van der Waals surface area contributed by atoms with E-state index >= 15 is 0 Å². The average molecular weight is 320 g/mol. The zero-order chi connectivity index (χ0) is 13.8. The van der Waals surface area contributed by atoms with E-state index < -0.39 is 0 Å². The van der Waals surface area contributed by atoms with Crippen LogP contribution < -0.4 is 5.32 Å². The van der Waals surface area contributed by atoms with Crippen molar-refractivity contribution >= 4 is 27.5 Å². The molecule has 1 aromatic heterocycles. The summed E-state index contributed by atoms with van der Waals surface area (Å²) in [5, 5.41) is 18.7. The number of nitriles is 1. The maximum atomic E-state index is 11.8. The first-order valence-electron chi connectivity index (χ1n) is 5.44. The van der Waals surface area contributed by atoms with Crippen LogP contribution in [0.3, 0.4) is 0 Å². The summed E-state index contributed by atoms with van der Waals surface area (Å²) in [5.74, 6) is -0.125. The topological polar surface area (TPSA) is 83.6 Å². The lowest BCUT2D eigenvalue weighted by Gasteiger charge is -2.07. The minimum Gasteiger partial charge on any atom is -0.325 e. The molecule has 0 aliphatic carbocycles. The summed E-state index contributed by atoms with van der Waals surface area (Å²) in [6.07, 6.45) is 1.35. The molecule has 7 heteroatoms. The number of halogens is 1. The molecule has 0 radical (unpaired) electrons. The molecule has 1 amide bonds. The summed E-state index contributed by atoms with van der Waals surface area (Å²) in [5.41, 5.74) is 1.73. The Kier molecular flexibility index (Phi) is 3.92. The normalized spacial score (nSPS) is 9.95. The molecule has 0 saturated heterocycles. The monoisotopic (exact) mass is 319 g/mol. The first kappa shape index (κ1) is 13.2. The van der Waals surface area contributed by atoms with Crippen LogP contribution in [-0.4, -0.2) is 20.7 Å². The SMILES string of the molecule is Cc1cc(NC(=O)Cn2cnnc2C#N)ccc1Br. The van der Waals surface area contributed by atoms with Gasteiger partial charge in [-0.1, -0.05) is 15.9 Å². The van der Waals surface area contributed by atoms with Crippen molar-refractivity contribution in [2.75, 3.05) is 5.32 Å². The van der Waals surface area contributed by atoms with Gasteiger partial charge in [-0.05, 0) is 30.7 Å². The molecule has 0 fully saturated rings. The van der Waals surface area contributed by atoms with Gasteiger partial charge < -0.3 is 5.32 Å². The highest BCUT2D eigenvalue weighted by molar-refractivity contribution is 9.10. The lowest BCUT2D eigenvalue weighted by Crippen LogP contribution is -2.19. The second-order valence-electron chi connectivity index (χ2n) is 3.91. The number of anilines is 1. The first-order chi connectivity index (χ1) is 9.10. The van der Waals surface area contributed by atoms with Gasteiger partial charge >= 0.3 is 0 Å². The van der Waals surface area contributed by atoms with E-state index in [-0.39, 0.29) is 18.3 Å². The molecule has 96 valence electrons. The standard InChI is InChI=1S/C12H10BrN5O/c1-8-4-9(2-3-10(8)13)16-12(19)6-18-7-15-17-11(18)5-14/h2-4,7H,6H2,1H3,(H,16,19). The Morgan fingerprint density at radius 2 is 2.37 bits per heavy atom. The lowest BCUT2D eigenvalue weighted by atomic mass is 10.2. The highest BCUT2D eigenvalue weighted by atomic mass is 79.9. The summed E-state index contributed by atoms with van der Waals surface area (Å²) in [6, 6.07) is 7.39. The Morgan fingerprint density at radius 3 is 3.05 bits per heavy atom. The maximum absolute atomic E-state index is 11.8. The van der Waals surface area contributed by atoms with Crippen LogP contribution in [0.5, 0.6) is 0 Å². The fraction of sp³-hybridized carbons (Fsp3) is 0.167. The quantitative estimate of drug-likeness (QED) is 0.935. The van der Waals surface area contributed by atoms with Crippen molar-refractivity contribution in [3.63, 3.8) is 0 Å². The molecular weight excluding hydrogens is 310 g/mol. The van der Waals surface area contributed by atoms with E-state index in [1.807, 2.05) is 25.1 Å². The third-order valence-electron chi connectivity index (χ3n) is 2.47. The zero-order valence-electron chi connectivity index (χ0n) is 10.1. The van der Waals surface area contributed by atoms with Crippen molar-refractivity contribution in [3.8, 4) is 6.07 Å². The molecule has 0 unspecified atom stereocenters. The second-order valence-corrected chi connectivity index (χ2v) is 4.76. The molecule has 1 N–H and O–H groups in total. The fourth-order valence-electron chi connectivity index (χ4n) is 1.53. The number of carbonyl (C=O) groups excluding carboxylic acids is 1. The van der Waals surface area contributed by atoms with E-state index in [2.05, 4.69) is 31.4 Å². The van der Waals surface area contributed by atoms with E-state index in [9.17, 15) is 4.79 Å². The minimum atomic E-state index is -0.238. The Labute approximate surface area is 118 Å². The highest BCUT2D eigenvalue weighted by Gasteiger charge is 2.08. The number of nitrogens with one attached hydrogen (secondary N) is 1. The van der Waals surface area contributed by atoms with E-state index in [1.165, 1.54) is 10.9 Å². The van der Waals surface area contributed by atoms with Crippen LogP contribution in [0.1, 0.15) is 11.4 Å². The summed E-state index contributed by atoms with van der Waals surface area (Å²) < 4.78 is 2.37. The van der Waals surface area contributed by atoms with Gasteiger partial charge in [0.15, 0.2) is 0 Å². The average Bonchev–Trinajstić information content (AvgIpc) is 2.81. The smallest absolute Gasteiger partial charge is 0.244 e. The van der Waals surface area contributed by atoms with Crippen LogP contribution in [0.25, 0.3) is 0 Å². The summed E-state index contributed by atoms with van der Waals surface area (Å²) in [7, 11) is 0. The largest absolute Gasteiger partial charge is 0.325 e. The van der Waals surface area contributed by atoms with Crippen LogP contribution in [0.15, 0.2) is 29.0 Å². The molecule has 19 heavy (non-hydrogen) atoms. The number of aromatic nitrogens is 3. The number of hydrogen-bond acceptors (Lipinski definition) is 4. The Bertz CT molecular complexity index is 658. The number of nitrogens with zero attached hydrogens (tertiary/aromatic N) is 4. The summed E-state index contributed by atoms with van der Waals surface area (Å²) in [6.45, 7) is 1.94. The molecule has 0 saturated carbocycles. The Morgan fingerprint density at radius 1 is 1.58 bits per heavy atom. The molecule has 0 bridgehead atoms. The molecule has 0 atom stereocenters. The van der Waals surface area contributed by atoms with E-state index in [1.54, 1.807) is 6.07 Å². The van der Waals surface area contributed by atoms with E-state index in [4.69, 9.17) is 5.26 Å². The molecule has 1 aromatic carbocycles. The summed E-state index contributed by atoms with van der Waals surface area (Å²) in [4.78, 5) is 11.8. The number of hydrogen-bond donors (Lipinski definition) is 1. The van der Waals surface area contributed by atoms with Gasteiger partial charge in [-0.15, -0.1) is 10.2 Å². The van der Waals surface area contributed by atoms with Crippen molar-refractivity contribution in [2.45, 2.75) is 13.5 Å². The Hall–Kier alpha value is -2.20. The van der Waals surface area contributed by atoms with Gasteiger partial charge in [0.05, 0.1) is 0 Å². The van der Waals surface area contributed by atoms with Gasteiger partial charge in [0.25, 0.3) is 0 Å². The van der Waals surface area contributed by atoms with E-state index in [0.717, 1.165) is 10.0 Å². The molecule has 2 rings (SSSR count). The van der Waals surface area contributed by atoms with Gasteiger partial charge in [-0.25, -0.2) is 0 Å². The third-order valence-corrected chi connectivity index (χ3v) is 3.36. The van der Waals surface area contributed by atoms with Gasteiger partial charge in [0, 0.05) is 10.2 Å². The number of carbonyl (C=O) groups is 1. The Balaban J connectivity index is 2.06. The second kappa shape index (κ2) is 5.63. The number of aryl methyl sites for hydroxylation is 1.